The zero-order valence-corrected chi connectivity index (χ0v) is 19.6. The zero-order valence-electron chi connectivity index (χ0n) is 19.6. The van der Waals surface area contributed by atoms with Gasteiger partial charge in [-0.1, -0.05) is 18.2 Å². The summed E-state index contributed by atoms with van der Waals surface area (Å²) in [6.45, 7) is 3.90. The van der Waals surface area contributed by atoms with Crippen molar-refractivity contribution >= 4 is 11.9 Å². The summed E-state index contributed by atoms with van der Waals surface area (Å²) < 4.78 is 22.8. The molecule has 1 amide bonds. The van der Waals surface area contributed by atoms with Gasteiger partial charge in [0.1, 0.15) is 6.61 Å². The van der Waals surface area contributed by atoms with Gasteiger partial charge in [0, 0.05) is 17.5 Å². The molecule has 2 aliphatic rings. The molecule has 7 nitrogen and oxygen atoms in total. The highest BCUT2D eigenvalue weighted by Gasteiger charge is 2.34. The molecule has 1 N–H and O–H groups in total. The number of rotatable bonds is 9. The van der Waals surface area contributed by atoms with E-state index in [0.717, 1.165) is 35.1 Å². The topological polar surface area (TPSA) is 83.1 Å². The van der Waals surface area contributed by atoms with E-state index in [9.17, 15) is 9.59 Å². The van der Waals surface area contributed by atoms with Crippen LogP contribution in [0.4, 0.5) is 4.79 Å². The number of Topliss-reactive ketones (excluding diaryl/α,β-unsaturated/α-hetero) is 1. The zero-order chi connectivity index (χ0) is 23.5. The average molecular weight is 454 g/mol. The SMILES string of the molecule is COc1ccc(-c2cccc3c2CCC3=O)c(OCC(NC(=O)OC(C)C)C2CC2)c1OC. The van der Waals surface area contributed by atoms with Gasteiger partial charge < -0.3 is 24.3 Å². The predicted octanol–water partition coefficient (Wildman–Crippen LogP) is 4.79. The Balaban J connectivity index is 1.67. The summed E-state index contributed by atoms with van der Waals surface area (Å²) in [5.74, 6) is 2.08. The van der Waals surface area contributed by atoms with Crippen molar-refractivity contribution < 1.29 is 28.5 Å². The number of nitrogens with one attached hydrogen (secondary N) is 1. The Morgan fingerprint density at radius 3 is 2.42 bits per heavy atom. The molecule has 4 rings (SSSR count). The molecule has 2 aliphatic carbocycles. The molecule has 0 heterocycles. The first-order valence-electron chi connectivity index (χ1n) is 11.4. The van der Waals surface area contributed by atoms with E-state index in [1.165, 1.54) is 0 Å². The van der Waals surface area contributed by atoms with E-state index in [-0.39, 0.29) is 24.5 Å². The van der Waals surface area contributed by atoms with Crippen molar-refractivity contribution in [3.8, 4) is 28.4 Å². The molecular formula is C26H31NO6. The van der Waals surface area contributed by atoms with Crippen molar-refractivity contribution in [1.82, 2.24) is 5.32 Å². The van der Waals surface area contributed by atoms with Gasteiger partial charge in [0.05, 0.1) is 26.4 Å². The summed E-state index contributed by atoms with van der Waals surface area (Å²) in [7, 11) is 3.15. The number of hydrogen-bond donors (Lipinski definition) is 1. The summed E-state index contributed by atoms with van der Waals surface area (Å²) in [6.07, 6.45) is 2.65. The van der Waals surface area contributed by atoms with Gasteiger partial charge in [-0.25, -0.2) is 4.79 Å². The molecule has 1 atom stereocenters. The molecule has 0 radical (unpaired) electrons. The van der Waals surface area contributed by atoms with Gasteiger partial charge >= 0.3 is 6.09 Å². The Hall–Kier alpha value is -3.22. The van der Waals surface area contributed by atoms with Gasteiger partial charge in [0.15, 0.2) is 17.3 Å². The number of carbonyl (C=O) groups is 2. The quantitative estimate of drug-likeness (QED) is 0.588. The standard InChI is InChI=1S/C26H31NO6/c1-15(2)33-26(29)27-21(16-8-9-16)14-32-24-20(11-13-23(30-3)25(24)31-4)17-6-5-7-19-18(17)10-12-22(19)28/h5-7,11,13,15-16,21H,8-10,12,14H2,1-4H3,(H,27,29). The van der Waals surface area contributed by atoms with Crippen molar-refractivity contribution in [3.63, 3.8) is 0 Å². The highest BCUT2D eigenvalue weighted by atomic mass is 16.6. The van der Waals surface area contributed by atoms with Crippen LogP contribution >= 0.6 is 0 Å². The van der Waals surface area contributed by atoms with Crippen LogP contribution in [0.25, 0.3) is 11.1 Å². The van der Waals surface area contributed by atoms with Crippen LogP contribution in [0.15, 0.2) is 30.3 Å². The van der Waals surface area contributed by atoms with Crippen LogP contribution < -0.4 is 19.5 Å². The lowest BCUT2D eigenvalue weighted by molar-refractivity contribution is 0.0993. The Kier molecular flexibility index (Phi) is 6.77. The molecule has 7 heteroatoms. The van der Waals surface area contributed by atoms with E-state index in [2.05, 4.69) is 5.32 Å². The lowest BCUT2D eigenvalue weighted by Crippen LogP contribution is -2.41. The van der Waals surface area contributed by atoms with Gasteiger partial charge in [-0.2, -0.15) is 0 Å². The van der Waals surface area contributed by atoms with E-state index in [1.54, 1.807) is 14.2 Å². The van der Waals surface area contributed by atoms with E-state index < -0.39 is 6.09 Å². The van der Waals surface area contributed by atoms with Crippen LogP contribution in [0.5, 0.6) is 17.2 Å². The van der Waals surface area contributed by atoms with Gasteiger partial charge in [-0.05, 0) is 62.3 Å². The Morgan fingerprint density at radius 1 is 1.00 bits per heavy atom. The summed E-state index contributed by atoms with van der Waals surface area (Å²) in [4.78, 5) is 24.5. The highest BCUT2D eigenvalue weighted by Crippen LogP contribution is 2.47. The van der Waals surface area contributed by atoms with E-state index in [1.807, 2.05) is 44.2 Å². The number of ketones is 1. The third-order valence-corrected chi connectivity index (χ3v) is 6.11. The van der Waals surface area contributed by atoms with Gasteiger partial charge in [-0.3, -0.25) is 4.79 Å². The van der Waals surface area contributed by atoms with Crippen molar-refractivity contribution in [2.75, 3.05) is 20.8 Å². The highest BCUT2D eigenvalue weighted by molar-refractivity contribution is 6.02. The number of methoxy groups -OCH3 is 2. The molecule has 1 unspecified atom stereocenters. The molecule has 2 aromatic rings. The van der Waals surface area contributed by atoms with Crippen molar-refractivity contribution in [1.29, 1.82) is 0 Å². The van der Waals surface area contributed by atoms with Gasteiger partial charge in [0.25, 0.3) is 0 Å². The summed E-state index contributed by atoms with van der Waals surface area (Å²) >= 11 is 0. The van der Waals surface area contributed by atoms with Crippen LogP contribution in [0.1, 0.15) is 49.0 Å². The Bertz CT molecular complexity index is 1040. The maximum atomic E-state index is 12.3. The first kappa shape index (κ1) is 23.0. The molecule has 1 saturated carbocycles. The molecule has 0 saturated heterocycles. The number of alkyl carbamates (subject to hydrolysis) is 1. The van der Waals surface area contributed by atoms with Crippen LogP contribution in [0, 0.1) is 5.92 Å². The number of hydrogen-bond acceptors (Lipinski definition) is 6. The molecular weight excluding hydrogens is 422 g/mol. The second-order valence-corrected chi connectivity index (χ2v) is 8.79. The molecule has 0 spiro atoms. The molecule has 0 bridgehead atoms. The van der Waals surface area contributed by atoms with E-state index >= 15 is 0 Å². The van der Waals surface area contributed by atoms with Crippen LogP contribution in [0.2, 0.25) is 0 Å². The van der Waals surface area contributed by atoms with Crippen molar-refractivity contribution in [3.05, 3.63) is 41.5 Å². The fraction of sp³-hybridized carbons (Fsp3) is 0.462. The molecule has 0 aromatic heterocycles. The normalized spacial score (nSPS) is 15.7. The Morgan fingerprint density at radius 2 is 1.76 bits per heavy atom. The van der Waals surface area contributed by atoms with Crippen molar-refractivity contribution in [2.24, 2.45) is 5.92 Å². The fourth-order valence-corrected chi connectivity index (χ4v) is 4.36. The predicted molar refractivity (Wildman–Crippen MR) is 124 cm³/mol. The smallest absolute Gasteiger partial charge is 0.407 e. The lowest BCUT2D eigenvalue weighted by Gasteiger charge is -2.23. The third kappa shape index (κ3) is 4.92. The van der Waals surface area contributed by atoms with E-state index in [0.29, 0.717) is 36.0 Å². The van der Waals surface area contributed by atoms with Crippen molar-refractivity contribution in [2.45, 2.75) is 51.7 Å². The minimum atomic E-state index is -0.442. The second-order valence-electron chi connectivity index (χ2n) is 8.79. The average Bonchev–Trinajstić information content (AvgIpc) is 3.57. The minimum absolute atomic E-state index is 0.163. The van der Waals surface area contributed by atoms with Crippen LogP contribution in [-0.4, -0.2) is 44.8 Å². The molecule has 1 fully saturated rings. The maximum Gasteiger partial charge on any atom is 0.407 e. The summed E-state index contributed by atoms with van der Waals surface area (Å²) in [6, 6.07) is 9.37. The maximum absolute atomic E-state index is 12.3. The van der Waals surface area contributed by atoms with Crippen LogP contribution in [-0.2, 0) is 11.2 Å². The number of carbonyl (C=O) groups excluding carboxylic acids is 2. The van der Waals surface area contributed by atoms with Gasteiger partial charge in [0.2, 0.25) is 5.75 Å². The van der Waals surface area contributed by atoms with E-state index in [4.69, 9.17) is 18.9 Å². The molecule has 0 aliphatic heterocycles. The number of fused-ring (bicyclic) bond motifs is 1. The lowest BCUT2D eigenvalue weighted by atomic mass is 9.95. The fourth-order valence-electron chi connectivity index (χ4n) is 4.36. The molecule has 33 heavy (non-hydrogen) atoms. The Labute approximate surface area is 194 Å². The minimum Gasteiger partial charge on any atom is -0.493 e. The third-order valence-electron chi connectivity index (χ3n) is 6.11. The largest absolute Gasteiger partial charge is 0.493 e. The molecule has 2 aromatic carbocycles. The van der Waals surface area contributed by atoms with Gasteiger partial charge in [-0.15, -0.1) is 0 Å². The summed E-state index contributed by atoms with van der Waals surface area (Å²) in [5, 5.41) is 2.95. The number of ether oxygens (including phenoxy) is 4. The monoisotopic (exact) mass is 453 g/mol. The number of amides is 1. The summed E-state index contributed by atoms with van der Waals surface area (Å²) in [5.41, 5.74) is 3.57. The second kappa shape index (κ2) is 9.73. The van der Waals surface area contributed by atoms with Crippen LogP contribution in [0.3, 0.4) is 0 Å². The first-order valence-corrected chi connectivity index (χ1v) is 11.4. The number of benzene rings is 2. The first-order chi connectivity index (χ1) is 15.9. The molecule has 176 valence electrons.